The molecule has 0 aromatic heterocycles. The SMILES string of the molecule is CCC1(NC(=O)Nc2ccc(C(=O)O)c(OC)c2)CCC1. The van der Waals surface area contributed by atoms with Gasteiger partial charge in [0.15, 0.2) is 0 Å². The van der Waals surface area contributed by atoms with E-state index in [9.17, 15) is 9.59 Å². The van der Waals surface area contributed by atoms with Crippen molar-refractivity contribution in [2.24, 2.45) is 0 Å². The number of aromatic carboxylic acids is 1. The zero-order valence-corrected chi connectivity index (χ0v) is 12.2. The van der Waals surface area contributed by atoms with Gasteiger partial charge in [-0.25, -0.2) is 9.59 Å². The molecule has 1 aromatic rings. The van der Waals surface area contributed by atoms with E-state index in [0.717, 1.165) is 25.7 Å². The summed E-state index contributed by atoms with van der Waals surface area (Å²) in [5.41, 5.74) is 0.474. The van der Waals surface area contributed by atoms with Gasteiger partial charge in [-0.2, -0.15) is 0 Å². The molecule has 0 heterocycles. The molecule has 6 heteroatoms. The van der Waals surface area contributed by atoms with Crippen molar-refractivity contribution in [2.75, 3.05) is 12.4 Å². The molecule has 1 saturated carbocycles. The van der Waals surface area contributed by atoms with Crippen molar-refractivity contribution < 1.29 is 19.4 Å². The van der Waals surface area contributed by atoms with Gasteiger partial charge in [0.1, 0.15) is 11.3 Å². The Hall–Kier alpha value is -2.24. The van der Waals surface area contributed by atoms with Gasteiger partial charge in [0, 0.05) is 17.3 Å². The van der Waals surface area contributed by atoms with Crippen LogP contribution in [0.5, 0.6) is 5.75 Å². The normalized spacial score (nSPS) is 15.7. The van der Waals surface area contributed by atoms with Crippen molar-refractivity contribution in [1.82, 2.24) is 5.32 Å². The van der Waals surface area contributed by atoms with E-state index in [1.807, 2.05) is 0 Å². The summed E-state index contributed by atoms with van der Waals surface area (Å²) in [5, 5.41) is 14.7. The van der Waals surface area contributed by atoms with Crippen molar-refractivity contribution in [2.45, 2.75) is 38.1 Å². The maximum atomic E-state index is 12.0. The molecule has 2 rings (SSSR count). The predicted octanol–water partition coefficient (Wildman–Crippen LogP) is 2.85. The molecule has 114 valence electrons. The third-order valence-electron chi connectivity index (χ3n) is 4.06. The lowest BCUT2D eigenvalue weighted by atomic mass is 9.75. The number of carboxylic acid groups (broad SMARTS) is 1. The molecule has 1 fully saturated rings. The van der Waals surface area contributed by atoms with Crippen LogP contribution in [0.4, 0.5) is 10.5 Å². The van der Waals surface area contributed by atoms with Crippen LogP contribution in [0.25, 0.3) is 0 Å². The molecule has 21 heavy (non-hydrogen) atoms. The second kappa shape index (κ2) is 6.03. The third-order valence-corrected chi connectivity index (χ3v) is 4.06. The fraction of sp³-hybridized carbons (Fsp3) is 0.467. The third kappa shape index (κ3) is 3.26. The van der Waals surface area contributed by atoms with Crippen molar-refractivity contribution in [1.29, 1.82) is 0 Å². The first-order valence-corrected chi connectivity index (χ1v) is 7.00. The van der Waals surface area contributed by atoms with Crippen molar-refractivity contribution in [3.05, 3.63) is 23.8 Å². The smallest absolute Gasteiger partial charge is 0.339 e. The number of ether oxygens (including phenoxy) is 1. The summed E-state index contributed by atoms with van der Waals surface area (Å²) in [4.78, 5) is 23.0. The molecule has 0 atom stereocenters. The number of carbonyl (C=O) groups is 2. The number of methoxy groups -OCH3 is 1. The maximum absolute atomic E-state index is 12.0. The standard InChI is InChI=1S/C15H20N2O4/c1-3-15(7-4-8-15)17-14(20)16-10-5-6-11(13(18)19)12(9-10)21-2/h5-6,9H,3-4,7-8H2,1-2H3,(H,18,19)(H2,16,17,20). The highest BCUT2D eigenvalue weighted by Gasteiger charge is 2.36. The van der Waals surface area contributed by atoms with Gasteiger partial charge in [0.2, 0.25) is 0 Å². The van der Waals surface area contributed by atoms with Crippen LogP contribution in [-0.4, -0.2) is 29.8 Å². The maximum Gasteiger partial charge on any atom is 0.339 e. The van der Waals surface area contributed by atoms with Crippen LogP contribution in [0.1, 0.15) is 43.0 Å². The van der Waals surface area contributed by atoms with Gasteiger partial charge in [-0.05, 0) is 37.8 Å². The topological polar surface area (TPSA) is 87.7 Å². The van der Waals surface area contributed by atoms with E-state index in [-0.39, 0.29) is 22.9 Å². The van der Waals surface area contributed by atoms with E-state index in [1.54, 1.807) is 6.07 Å². The molecule has 0 unspecified atom stereocenters. The number of hydrogen-bond donors (Lipinski definition) is 3. The average molecular weight is 292 g/mol. The quantitative estimate of drug-likeness (QED) is 0.778. The number of nitrogens with one attached hydrogen (secondary N) is 2. The number of carbonyl (C=O) groups excluding carboxylic acids is 1. The Labute approximate surface area is 123 Å². The summed E-state index contributed by atoms with van der Waals surface area (Å²) in [7, 11) is 1.39. The van der Waals surface area contributed by atoms with Gasteiger partial charge in [-0.1, -0.05) is 6.92 Å². The largest absolute Gasteiger partial charge is 0.496 e. The first-order valence-electron chi connectivity index (χ1n) is 7.00. The summed E-state index contributed by atoms with van der Waals surface area (Å²) >= 11 is 0. The number of rotatable bonds is 5. The van der Waals surface area contributed by atoms with E-state index < -0.39 is 5.97 Å². The molecule has 1 aromatic carbocycles. The molecular weight excluding hydrogens is 272 g/mol. The fourth-order valence-electron chi connectivity index (χ4n) is 2.52. The molecule has 2 amide bonds. The number of anilines is 1. The van der Waals surface area contributed by atoms with Gasteiger partial charge in [0.05, 0.1) is 7.11 Å². The molecule has 0 saturated heterocycles. The number of hydrogen-bond acceptors (Lipinski definition) is 3. The van der Waals surface area contributed by atoms with Crippen molar-refractivity contribution in [3.63, 3.8) is 0 Å². The highest BCUT2D eigenvalue weighted by molar-refractivity contribution is 5.94. The van der Waals surface area contributed by atoms with Crippen molar-refractivity contribution in [3.8, 4) is 5.75 Å². The molecule has 1 aliphatic rings. The Morgan fingerprint density at radius 1 is 1.38 bits per heavy atom. The summed E-state index contributed by atoms with van der Waals surface area (Å²) in [6, 6.07) is 4.19. The Kier molecular flexibility index (Phi) is 4.35. The Morgan fingerprint density at radius 2 is 2.10 bits per heavy atom. The number of benzene rings is 1. The molecule has 6 nitrogen and oxygen atoms in total. The van der Waals surface area contributed by atoms with E-state index in [4.69, 9.17) is 9.84 Å². The zero-order valence-electron chi connectivity index (χ0n) is 12.2. The molecular formula is C15H20N2O4. The average Bonchev–Trinajstić information content (AvgIpc) is 2.42. The second-order valence-corrected chi connectivity index (χ2v) is 5.29. The Balaban J connectivity index is 2.05. The van der Waals surface area contributed by atoms with Crippen LogP contribution in [0.2, 0.25) is 0 Å². The monoisotopic (exact) mass is 292 g/mol. The minimum Gasteiger partial charge on any atom is -0.496 e. The van der Waals surface area contributed by atoms with Gasteiger partial charge >= 0.3 is 12.0 Å². The van der Waals surface area contributed by atoms with E-state index in [0.29, 0.717) is 5.69 Å². The van der Waals surface area contributed by atoms with Crippen molar-refractivity contribution >= 4 is 17.7 Å². The number of carboxylic acids is 1. The second-order valence-electron chi connectivity index (χ2n) is 5.29. The zero-order chi connectivity index (χ0) is 15.5. The number of urea groups is 1. The predicted molar refractivity (Wildman–Crippen MR) is 79.0 cm³/mol. The van der Waals surface area contributed by atoms with Crippen LogP contribution in [0.3, 0.4) is 0 Å². The van der Waals surface area contributed by atoms with Crippen LogP contribution >= 0.6 is 0 Å². The summed E-state index contributed by atoms with van der Waals surface area (Å²) < 4.78 is 5.03. The number of amides is 2. The molecule has 0 bridgehead atoms. The van der Waals surface area contributed by atoms with Crippen LogP contribution in [-0.2, 0) is 0 Å². The first kappa shape index (κ1) is 15.2. The molecule has 0 radical (unpaired) electrons. The lowest BCUT2D eigenvalue weighted by Crippen LogP contribution is -2.54. The van der Waals surface area contributed by atoms with Gasteiger partial charge in [-0.3, -0.25) is 0 Å². The van der Waals surface area contributed by atoms with E-state index in [1.165, 1.54) is 19.2 Å². The van der Waals surface area contributed by atoms with Crippen LogP contribution < -0.4 is 15.4 Å². The Morgan fingerprint density at radius 3 is 2.57 bits per heavy atom. The van der Waals surface area contributed by atoms with Gasteiger partial charge in [-0.15, -0.1) is 0 Å². The Bertz CT molecular complexity index is 547. The molecule has 1 aliphatic carbocycles. The van der Waals surface area contributed by atoms with Crippen LogP contribution in [0, 0.1) is 0 Å². The van der Waals surface area contributed by atoms with Gasteiger partial charge < -0.3 is 20.5 Å². The van der Waals surface area contributed by atoms with Crippen LogP contribution in [0.15, 0.2) is 18.2 Å². The molecule has 0 aliphatic heterocycles. The highest BCUT2D eigenvalue weighted by Crippen LogP contribution is 2.34. The lowest BCUT2D eigenvalue weighted by molar-refractivity contribution is 0.0693. The minimum absolute atomic E-state index is 0.0625. The lowest BCUT2D eigenvalue weighted by Gasteiger charge is -2.41. The van der Waals surface area contributed by atoms with Gasteiger partial charge in [0.25, 0.3) is 0 Å². The van der Waals surface area contributed by atoms with E-state index >= 15 is 0 Å². The minimum atomic E-state index is -1.07. The van der Waals surface area contributed by atoms with E-state index in [2.05, 4.69) is 17.6 Å². The highest BCUT2D eigenvalue weighted by atomic mass is 16.5. The first-order chi connectivity index (χ1) is 9.99. The fourth-order valence-corrected chi connectivity index (χ4v) is 2.52. The summed E-state index contributed by atoms with van der Waals surface area (Å²) in [6.45, 7) is 2.06. The molecule has 3 N–H and O–H groups in total. The molecule has 0 spiro atoms. The summed E-state index contributed by atoms with van der Waals surface area (Å²) in [5.74, 6) is -0.851. The summed E-state index contributed by atoms with van der Waals surface area (Å²) in [6.07, 6.45) is 4.04.